The largest absolute Gasteiger partial charge is 0.383 e. The molecule has 1 aliphatic carbocycles. The van der Waals surface area contributed by atoms with E-state index in [0.29, 0.717) is 24.6 Å². The molecule has 1 aromatic rings. The van der Waals surface area contributed by atoms with E-state index in [1.54, 1.807) is 13.3 Å². The van der Waals surface area contributed by atoms with Crippen LogP contribution < -0.4 is 0 Å². The maximum Gasteiger partial charge on any atom is 0.257 e. The summed E-state index contributed by atoms with van der Waals surface area (Å²) in [7, 11) is 1.65. The maximum atomic E-state index is 12.4. The van der Waals surface area contributed by atoms with Gasteiger partial charge in [-0.15, -0.1) is 0 Å². The van der Waals surface area contributed by atoms with Crippen molar-refractivity contribution in [2.24, 2.45) is 5.92 Å². The number of ether oxygens (including phenoxy) is 1. The highest BCUT2D eigenvalue weighted by Crippen LogP contribution is 2.30. The lowest BCUT2D eigenvalue weighted by atomic mass is 10.2. The van der Waals surface area contributed by atoms with Crippen LogP contribution in [0.2, 0.25) is 0 Å². The second kappa shape index (κ2) is 5.91. The Hall–Kier alpha value is -1.49. The van der Waals surface area contributed by atoms with Gasteiger partial charge >= 0.3 is 0 Å². The van der Waals surface area contributed by atoms with Gasteiger partial charge in [0, 0.05) is 26.4 Å². The van der Waals surface area contributed by atoms with E-state index in [-0.39, 0.29) is 5.91 Å². The molecule has 98 valence electrons. The second-order valence-electron chi connectivity index (χ2n) is 4.71. The summed E-state index contributed by atoms with van der Waals surface area (Å²) in [4.78, 5) is 22.3. The molecule has 0 aliphatic heterocycles. The standard InChI is InChI=1S/C13H19N3O2/c1-10-12(7-14-9-15-10)13(17)16(5-6-18-2)8-11-3-4-11/h7,9,11H,3-6,8H2,1-2H3. The molecular weight excluding hydrogens is 230 g/mol. The molecule has 0 unspecified atom stereocenters. The summed E-state index contributed by atoms with van der Waals surface area (Å²) < 4.78 is 5.07. The molecule has 0 aromatic carbocycles. The van der Waals surface area contributed by atoms with Gasteiger partial charge in [-0.1, -0.05) is 0 Å². The molecule has 1 amide bonds. The zero-order chi connectivity index (χ0) is 13.0. The van der Waals surface area contributed by atoms with E-state index in [2.05, 4.69) is 9.97 Å². The highest BCUT2D eigenvalue weighted by molar-refractivity contribution is 5.94. The van der Waals surface area contributed by atoms with Crippen LogP contribution in [-0.4, -0.2) is 47.6 Å². The fraction of sp³-hybridized carbons (Fsp3) is 0.615. The zero-order valence-electron chi connectivity index (χ0n) is 10.9. The Morgan fingerprint density at radius 1 is 1.56 bits per heavy atom. The Bertz CT molecular complexity index is 418. The van der Waals surface area contributed by atoms with Gasteiger partial charge in [-0.2, -0.15) is 0 Å². The third-order valence-corrected chi connectivity index (χ3v) is 3.17. The summed E-state index contributed by atoms with van der Waals surface area (Å²) in [5.41, 5.74) is 1.32. The predicted octanol–water partition coefficient (Wildman–Crippen LogP) is 1.28. The maximum absolute atomic E-state index is 12.4. The van der Waals surface area contributed by atoms with E-state index >= 15 is 0 Å². The average Bonchev–Trinajstić information content (AvgIpc) is 3.18. The van der Waals surface area contributed by atoms with Gasteiger partial charge < -0.3 is 9.64 Å². The lowest BCUT2D eigenvalue weighted by Gasteiger charge is -2.22. The molecule has 1 aliphatic rings. The number of amides is 1. The van der Waals surface area contributed by atoms with Crippen LogP contribution in [0.25, 0.3) is 0 Å². The van der Waals surface area contributed by atoms with Gasteiger partial charge in [-0.05, 0) is 25.7 Å². The molecule has 1 fully saturated rings. The zero-order valence-corrected chi connectivity index (χ0v) is 10.9. The summed E-state index contributed by atoms with van der Waals surface area (Å²) in [6.07, 6.45) is 5.51. The summed E-state index contributed by atoms with van der Waals surface area (Å²) in [6, 6.07) is 0. The second-order valence-corrected chi connectivity index (χ2v) is 4.71. The summed E-state index contributed by atoms with van der Waals surface area (Å²) in [6.45, 7) is 3.84. The van der Waals surface area contributed by atoms with Crippen LogP contribution >= 0.6 is 0 Å². The van der Waals surface area contributed by atoms with Gasteiger partial charge in [0.15, 0.2) is 0 Å². The first-order chi connectivity index (χ1) is 8.72. The SMILES string of the molecule is COCCN(CC1CC1)C(=O)c1cncnc1C. The van der Waals surface area contributed by atoms with Crippen molar-refractivity contribution in [3.05, 3.63) is 23.8 Å². The smallest absolute Gasteiger partial charge is 0.257 e. The number of methoxy groups -OCH3 is 1. The van der Waals surface area contributed by atoms with Gasteiger partial charge in [0.05, 0.1) is 17.9 Å². The van der Waals surface area contributed by atoms with Crippen molar-refractivity contribution in [1.29, 1.82) is 0 Å². The lowest BCUT2D eigenvalue weighted by molar-refractivity contribution is 0.0684. The fourth-order valence-corrected chi connectivity index (χ4v) is 1.86. The first kappa shape index (κ1) is 13.0. The number of carbonyl (C=O) groups excluding carboxylic acids is 1. The average molecular weight is 249 g/mol. The van der Waals surface area contributed by atoms with Crippen molar-refractivity contribution < 1.29 is 9.53 Å². The number of hydrogen-bond donors (Lipinski definition) is 0. The molecule has 1 aromatic heterocycles. The van der Waals surface area contributed by atoms with E-state index in [9.17, 15) is 4.79 Å². The lowest BCUT2D eigenvalue weighted by Crippen LogP contribution is -2.36. The molecule has 5 nitrogen and oxygen atoms in total. The van der Waals surface area contributed by atoms with Gasteiger partial charge in [-0.25, -0.2) is 9.97 Å². The molecule has 0 N–H and O–H groups in total. The van der Waals surface area contributed by atoms with Crippen molar-refractivity contribution in [3.8, 4) is 0 Å². The third-order valence-electron chi connectivity index (χ3n) is 3.17. The molecule has 0 atom stereocenters. The Morgan fingerprint density at radius 2 is 2.33 bits per heavy atom. The van der Waals surface area contributed by atoms with Crippen LogP contribution in [0.5, 0.6) is 0 Å². The van der Waals surface area contributed by atoms with Gasteiger partial charge in [0.25, 0.3) is 5.91 Å². The first-order valence-corrected chi connectivity index (χ1v) is 6.27. The van der Waals surface area contributed by atoms with Crippen LogP contribution in [0.4, 0.5) is 0 Å². The fourth-order valence-electron chi connectivity index (χ4n) is 1.86. The van der Waals surface area contributed by atoms with Crippen LogP contribution in [-0.2, 0) is 4.74 Å². The predicted molar refractivity (Wildman–Crippen MR) is 67.3 cm³/mol. The van der Waals surface area contributed by atoms with Crippen molar-refractivity contribution in [2.45, 2.75) is 19.8 Å². The molecule has 2 rings (SSSR count). The van der Waals surface area contributed by atoms with Crippen LogP contribution in [0.15, 0.2) is 12.5 Å². The minimum absolute atomic E-state index is 0.0112. The van der Waals surface area contributed by atoms with Gasteiger partial charge in [0.2, 0.25) is 0 Å². The summed E-state index contributed by atoms with van der Waals surface area (Å²) in [5, 5.41) is 0. The number of aromatic nitrogens is 2. The Morgan fingerprint density at radius 3 is 2.94 bits per heavy atom. The van der Waals surface area contributed by atoms with Gasteiger partial charge in [0.1, 0.15) is 6.33 Å². The topological polar surface area (TPSA) is 55.3 Å². The summed E-state index contributed by atoms with van der Waals surface area (Å²) >= 11 is 0. The number of nitrogens with zero attached hydrogens (tertiary/aromatic N) is 3. The van der Waals surface area contributed by atoms with E-state index in [0.717, 1.165) is 12.2 Å². The van der Waals surface area contributed by atoms with E-state index < -0.39 is 0 Å². The van der Waals surface area contributed by atoms with Crippen molar-refractivity contribution in [3.63, 3.8) is 0 Å². The molecule has 0 saturated heterocycles. The normalized spacial score (nSPS) is 14.6. The number of carbonyl (C=O) groups is 1. The van der Waals surface area contributed by atoms with E-state index in [1.807, 2.05) is 11.8 Å². The molecule has 1 heterocycles. The van der Waals surface area contributed by atoms with E-state index in [1.165, 1.54) is 19.2 Å². The van der Waals surface area contributed by atoms with Crippen LogP contribution in [0, 0.1) is 12.8 Å². The molecule has 5 heteroatoms. The molecule has 0 radical (unpaired) electrons. The monoisotopic (exact) mass is 249 g/mol. The number of rotatable bonds is 6. The Labute approximate surface area is 107 Å². The van der Waals surface area contributed by atoms with Crippen molar-refractivity contribution in [1.82, 2.24) is 14.9 Å². The Kier molecular flexibility index (Phi) is 4.25. The summed E-state index contributed by atoms with van der Waals surface area (Å²) in [5.74, 6) is 0.674. The molecule has 1 saturated carbocycles. The van der Waals surface area contributed by atoms with Gasteiger partial charge in [-0.3, -0.25) is 4.79 Å². The minimum Gasteiger partial charge on any atom is -0.383 e. The molecule has 0 bridgehead atoms. The van der Waals surface area contributed by atoms with Crippen LogP contribution in [0.1, 0.15) is 28.9 Å². The van der Waals surface area contributed by atoms with E-state index in [4.69, 9.17) is 4.74 Å². The molecule has 18 heavy (non-hydrogen) atoms. The molecular formula is C13H19N3O2. The van der Waals surface area contributed by atoms with Crippen LogP contribution in [0.3, 0.4) is 0 Å². The highest BCUT2D eigenvalue weighted by atomic mass is 16.5. The number of aryl methyl sites for hydroxylation is 1. The van der Waals surface area contributed by atoms with Crippen molar-refractivity contribution >= 4 is 5.91 Å². The number of hydrogen-bond acceptors (Lipinski definition) is 4. The quantitative estimate of drug-likeness (QED) is 0.762. The van der Waals surface area contributed by atoms with Crippen molar-refractivity contribution in [2.75, 3.05) is 26.8 Å². The minimum atomic E-state index is 0.0112. The first-order valence-electron chi connectivity index (χ1n) is 6.27. The Balaban J connectivity index is 2.08. The third kappa shape index (κ3) is 3.26. The highest BCUT2D eigenvalue weighted by Gasteiger charge is 2.27. The molecule has 0 spiro atoms.